The van der Waals surface area contributed by atoms with Crippen molar-refractivity contribution in [1.29, 1.82) is 0 Å². The molecule has 0 atom stereocenters. The molecule has 1 aromatic carbocycles. The predicted octanol–water partition coefficient (Wildman–Crippen LogP) is -3.29. The van der Waals surface area contributed by atoms with Crippen LogP contribution in [0.3, 0.4) is 0 Å². The molecule has 5 aromatic heterocycles. The molecule has 0 unspecified atom stereocenters. The summed E-state index contributed by atoms with van der Waals surface area (Å²) in [6, 6.07) is 19.3. The molecule has 0 aliphatic rings. The zero-order valence-electron chi connectivity index (χ0n) is 22.3. The maximum absolute atomic E-state index is 5.79. The Balaban J connectivity index is 0.000000559. The third-order valence-electron chi connectivity index (χ3n) is 5.35. The summed E-state index contributed by atoms with van der Waals surface area (Å²) in [6.45, 7) is 0. The van der Waals surface area contributed by atoms with Gasteiger partial charge in [-0.3, -0.25) is 9.97 Å². The van der Waals surface area contributed by atoms with Crippen molar-refractivity contribution in [2.75, 3.05) is 0 Å². The fourth-order valence-electron chi connectivity index (χ4n) is 3.46. The van der Waals surface area contributed by atoms with Gasteiger partial charge in [-0.15, -0.1) is 0 Å². The van der Waals surface area contributed by atoms with Gasteiger partial charge in [-0.1, -0.05) is 23.7 Å². The van der Waals surface area contributed by atoms with Gasteiger partial charge < -0.3 is 50.9 Å². The van der Waals surface area contributed by atoms with Gasteiger partial charge in [0.15, 0.2) is 11.6 Å². The molecule has 8 nitrogen and oxygen atoms in total. The molecule has 6 aromatic rings. The Morgan fingerprint density at radius 2 is 0.878 bits per heavy atom. The van der Waals surface area contributed by atoms with E-state index < -0.39 is 0 Å². The number of nitrogens with zero attached hydrogens (tertiary/aromatic N) is 8. The van der Waals surface area contributed by atoms with Crippen molar-refractivity contribution in [3.63, 3.8) is 0 Å². The fraction of sp³-hybridized carbons (Fsp3) is 0.107. The van der Waals surface area contributed by atoms with Crippen LogP contribution in [0.25, 0.3) is 34.4 Å². The summed E-state index contributed by atoms with van der Waals surface area (Å²) < 4.78 is 5.87. The molecule has 41 heavy (non-hydrogen) atoms. The third-order valence-corrected chi connectivity index (χ3v) is 5.61. The molecule has 0 bridgehead atoms. The van der Waals surface area contributed by atoms with Crippen LogP contribution in [0.4, 0.5) is 0 Å². The van der Waals surface area contributed by atoms with Crippen molar-refractivity contribution in [3.8, 4) is 34.4 Å². The van der Waals surface area contributed by atoms with E-state index in [9.17, 15) is 0 Å². The van der Waals surface area contributed by atoms with Crippen molar-refractivity contribution in [2.45, 2.75) is 0 Å². The Hall–Kier alpha value is -3.05. The van der Waals surface area contributed by atoms with E-state index in [4.69, 9.17) is 11.6 Å². The Bertz CT molecular complexity index is 1450. The summed E-state index contributed by atoms with van der Waals surface area (Å²) in [5.74, 6) is 2.75. The topological polar surface area (TPSA) is 79.2 Å². The van der Waals surface area contributed by atoms with Gasteiger partial charge in [-0.2, -0.15) is 0 Å². The third kappa shape index (κ3) is 10.7. The van der Waals surface area contributed by atoms with Gasteiger partial charge in [0.1, 0.15) is 17.2 Å². The van der Waals surface area contributed by atoms with Crippen LogP contribution in [0.2, 0.25) is 5.02 Å². The van der Waals surface area contributed by atoms with E-state index >= 15 is 0 Å². The summed E-state index contributed by atoms with van der Waals surface area (Å²) in [6.07, 6.45) is 14.6. The second-order valence-electron chi connectivity index (χ2n) is 8.02. The average molecular weight is 808 g/mol. The Morgan fingerprint density at radius 1 is 0.488 bits per heavy atom. The van der Waals surface area contributed by atoms with Crippen molar-refractivity contribution in [1.82, 2.24) is 38.6 Å². The van der Waals surface area contributed by atoms with Gasteiger partial charge in [-0.25, -0.2) is 15.0 Å². The Labute approximate surface area is 276 Å². The summed E-state index contributed by atoms with van der Waals surface area (Å²) in [4.78, 5) is 21.0. The number of hydrogen-bond acceptors (Lipinski definition) is 5. The zero-order valence-corrected chi connectivity index (χ0v) is 27.9. The van der Waals surface area contributed by atoms with Crippen molar-refractivity contribution < 1.29 is 57.0 Å². The van der Waals surface area contributed by atoms with Crippen LogP contribution in [-0.4, -0.2) is 38.6 Å². The molecule has 0 spiro atoms. The quantitative estimate of drug-likeness (QED) is 0.188. The van der Waals surface area contributed by atoms with E-state index in [2.05, 4.69) is 24.9 Å². The van der Waals surface area contributed by atoms with E-state index in [-0.39, 0.29) is 57.0 Å². The largest absolute Gasteiger partial charge is 4.00 e. The molecule has 0 saturated heterocycles. The molecular weight excluding hydrogens is 780 g/mol. The van der Waals surface area contributed by atoms with Gasteiger partial charge in [-0.05, 0) is 48.5 Å². The number of aryl methyl sites for hydroxylation is 3. The van der Waals surface area contributed by atoms with Gasteiger partial charge >= 0.3 is 19.8 Å². The molecule has 0 saturated carbocycles. The van der Waals surface area contributed by atoms with Crippen molar-refractivity contribution >= 4 is 11.6 Å². The first-order valence-corrected chi connectivity index (χ1v) is 11.9. The summed E-state index contributed by atoms with van der Waals surface area (Å²) in [5.41, 5.74) is 2.90. The van der Waals surface area contributed by atoms with Crippen LogP contribution in [0, 0.1) is 0 Å². The minimum atomic E-state index is 0. The number of rotatable bonds is 3. The molecule has 0 aliphatic carbocycles. The molecule has 5 heterocycles. The van der Waals surface area contributed by atoms with E-state index in [1.807, 2.05) is 114 Å². The first kappa shape index (κ1) is 37.9. The molecule has 13 heteroatoms. The van der Waals surface area contributed by atoms with E-state index in [1.54, 1.807) is 31.0 Å². The molecule has 214 valence electrons. The normalized spacial score (nSPS) is 9.17. The average Bonchev–Trinajstić information content (AvgIpc) is 3.68. The zero-order chi connectivity index (χ0) is 26.0. The number of benzene rings is 1. The van der Waals surface area contributed by atoms with Crippen LogP contribution in [-0.2, 0) is 40.9 Å². The first-order chi connectivity index (χ1) is 18.0. The predicted molar refractivity (Wildman–Crippen MR) is 147 cm³/mol. The van der Waals surface area contributed by atoms with E-state index in [1.165, 1.54) is 0 Å². The monoisotopic (exact) mass is 807 g/mol. The van der Waals surface area contributed by atoms with Crippen LogP contribution in [0.15, 0.2) is 110 Å². The number of hydrogen-bond donors (Lipinski definition) is 0. The summed E-state index contributed by atoms with van der Waals surface area (Å²) >= 11 is 5.79. The molecule has 6 rings (SSSR count). The minimum Gasteiger partial charge on any atom is -1.00 e. The molecular formula is C28H27Cl4N8Os+. The van der Waals surface area contributed by atoms with Crippen molar-refractivity contribution in [2.24, 2.45) is 21.1 Å². The number of halogens is 4. The Morgan fingerprint density at radius 3 is 1.20 bits per heavy atom. The van der Waals surface area contributed by atoms with Gasteiger partial charge in [0.2, 0.25) is 0 Å². The standard InChI is InChI=1S/C10H9ClN2.2C9H9N3.3ClH.Os/c1-13-7-6-12-10(13)8-2-4-9(11)5-3-8;2*1-12-7-6-11-9(12)8-4-2-3-5-10-8;;;;/h2-7H,1H3;2*2-7H,1H3;3*1H;/q;;;;;;+4/p-3. The smallest absolute Gasteiger partial charge is 1.00 e. The minimum absolute atomic E-state index is 0. The van der Waals surface area contributed by atoms with Gasteiger partial charge in [0.05, 0.1) is 0 Å². The van der Waals surface area contributed by atoms with Crippen LogP contribution < -0.4 is 37.2 Å². The van der Waals surface area contributed by atoms with Gasteiger partial charge in [0.25, 0.3) is 0 Å². The molecule has 0 amide bonds. The second-order valence-corrected chi connectivity index (χ2v) is 8.46. The van der Waals surface area contributed by atoms with Crippen LogP contribution >= 0.6 is 11.6 Å². The molecule has 0 radical (unpaired) electrons. The first-order valence-electron chi connectivity index (χ1n) is 11.5. The maximum Gasteiger partial charge on any atom is 4.00 e. The van der Waals surface area contributed by atoms with Crippen molar-refractivity contribution in [3.05, 3.63) is 115 Å². The Kier molecular flexibility index (Phi) is 17.7. The number of aromatic nitrogens is 8. The molecule has 0 N–H and O–H groups in total. The number of pyridine rings is 2. The SMILES string of the molecule is Cn1ccnc1-c1ccc(Cl)cc1.Cn1ccnc1-c1ccccn1.Cn1ccnc1-c1ccccn1.[Cl-].[Cl-].[Cl-].[Os+4]. The van der Waals surface area contributed by atoms with Crippen LogP contribution in [0.5, 0.6) is 0 Å². The summed E-state index contributed by atoms with van der Waals surface area (Å²) in [7, 11) is 5.88. The fourth-order valence-corrected chi connectivity index (χ4v) is 3.58. The van der Waals surface area contributed by atoms with E-state index in [0.29, 0.717) is 0 Å². The van der Waals surface area contributed by atoms with E-state index in [0.717, 1.165) is 39.4 Å². The number of imidazole rings is 3. The van der Waals surface area contributed by atoms with Gasteiger partial charge in [0, 0.05) is 81.3 Å². The molecule has 0 aliphatic heterocycles. The second kappa shape index (κ2) is 19.1. The maximum atomic E-state index is 5.79. The molecule has 0 fully saturated rings. The summed E-state index contributed by atoms with van der Waals surface area (Å²) in [5, 5.41) is 0.748. The van der Waals surface area contributed by atoms with Crippen LogP contribution in [0.1, 0.15) is 0 Å².